The summed E-state index contributed by atoms with van der Waals surface area (Å²) in [4.78, 5) is 0. The molecule has 0 bridgehead atoms. The Kier molecular flexibility index (Phi) is 3.38. The van der Waals surface area contributed by atoms with Crippen LogP contribution >= 0.6 is 0 Å². The third kappa shape index (κ3) is 2.61. The minimum atomic E-state index is 0.678. The molecule has 0 unspecified atom stereocenters. The fraction of sp³-hybridized carbons (Fsp3) is 0.533. The lowest BCUT2D eigenvalue weighted by atomic mass is 9.77. The van der Waals surface area contributed by atoms with E-state index in [4.69, 9.17) is 10.00 Å². The van der Waals surface area contributed by atoms with Crippen molar-refractivity contribution in [2.75, 3.05) is 6.61 Å². The number of benzene rings is 1. The van der Waals surface area contributed by atoms with Crippen LogP contribution in [0.5, 0.6) is 5.75 Å². The molecule has 1 aliphatic rings. The van der Waals surface area contributed by atoms with E-state index in [0.29, 0.717) is 11.5 Å². The molecule has 1 aliphatic carbocycles. The normalized spacial score (nSPS) is 22.7. The van der Waals surface area contributed by atoms with Crippen LogP contribution in [0.2, 0.25) is 0 Å². The molecule has 1 aromatic rings. The second-order valence-electron chi connectivity index (χ2n) is 5.32. The largest absolute Gasteiger partial charge is 0.492 e. The molecule has 0 heterocycles. The fourth-order valence-corrected chi connectivity index (χ4v) is 2.60. The molecule has 0 amide bonds. The quantitative estimate of drug-likeness (QED) is 0.793. The Morgan fingerprint density at radius 2 is 2.06 bits per heavy atom. The van der Waals surface area contributed by atoms with Crippen molar-refractivity contribution >= 4 is 0 Å². The van der Waals surface area contributed by atoms with Gasteiger partial charge in [0.05, 0.1) is 12.2 Å². The minimum absolute atomic E-state index is 0.678. The summed E-state index contributed by atoms with van der Waals surface area (Å²) in [6.07, 6.45) is 2.51. The van der Waals surface area contributed by atoms with Crippen molar-refractivity contribution in [2.24, 2.45) is 11.8 Å². The summed E-state index contributed by atoms with van der Waals surface area (Å²) < 4.78 is 5.82. The minimum Gasteiger partial charge on any atom is -0.492 e. The zero-order valence-corrected chi connectivity index (χ0v) is 10.8. The maximum absolute atomic E-state index is 9.14. The molecule has 0 spiro atoms. The molecule has 0 atom stereocenters. The van der Waals surface area contributed by atoms with Crippen LogP contribution in [0.1, 0.15) is 36.5 Å². The van der Waals surface area contributed by atoms with Crippen LogP contribution in [-0.4, -0.2) is 6.61 Å². The van der Waals surface area contributed by atoms with Gasteiger partial charge in [0.1, 0.15) is 11.8 Å². The number of hydrogen-bond donors (Lipinski definition) is 0. The van der Waals surface area contributed by atoms with Crippen LogP contribution in [0, 0.1) is 37.0 Å². The summed E-state index contributed by atoms with van der Waals surface area (Å²) in [7, 11) is 0. The van der Waals surface area contributed by atoms with Gasteiger partial charge in [-0.15, -0.1) is 0 Å². The number of rotatable bonds is 3. The molecule has 1 fully saturated rings. The van der Waals surface area contributed by atoms with Crippen molar-refractivity contribution in [3.05, 3.63) is 28.8 Å². The smallest absolute Gasteiger partial charge is 0.137 e. The second-order valence-corrected chi connectivity index (χ2v) is 5.32. The molecule has 2 heteroatoms. The van der Waals surface area contributed by atoms with Crippen LogP contribution in [-0.2, 0) is 0 Å². The van der Waals surface area contributed by atoms with Crippen LogP contribution < -0.4 is 4.74 Å². The molecule has 0 saturated heterocycles. The van der Waals surface area contributed by atoms with Gasteiger partial charge in [0.15, 0.2) is 0 Å². The summed E-state index contributed by atoms with van der Waals surface area (Å²) in [6, 6.07) is 6.23. The van der Waals surface area contributed by atoms with Gasteiger partial charge in [0, 0.05) is 0 Å². The Morgan fingerprint density at radius 1 is 1.35 bits per heavy atom. The maximum Gasteiger partial charge on any atom is 0.137 e. The van der Waals surface area contributed by atoms with E-state index < -0.39 is 0 Å². The van der Waals surface area contributed by atoms with Gasteiger partial charge in [-0.1, -0.05) is 13.0 Å². The van der Waals surface area contributed by atoms with E-state index in [9.17, 15) is 0 Å². The number of nitrogens with zero attached hydrogens (tertiary/aromatic N) is 1. The predicted molar refractivity (Wildman–Crippen MR) is 68.0 cm³/mol. The highest BCUT2D eigenvalue weighted by Crippen LogP contribution is 2.34. The molecule has 0 N–H and O–H groups in total. The first-order valence-electron chi connectivity index (χ1n) is 6.24. The third-order valence-corrected chi connectivity index (χ3v) is 3.50. The molecule has 2 rings (SSSR count). The Hall–Kier alpha value is -1.49. The third-order valence-electron chi connectivity index (χ3n) is 3.50. The van der Waals surface area contributed by atoms with E-state index in [1.54, 1.807) is 0 Å². The Balaban J connectivity index is 2.07. The van der Waals surface area contributed by atoms with Crippen molar-refractivity contribution in [2.45, 2.75) is 33.6 Å². The lowest BCUT2D eigenvalue weighted by molar-refractivity contribution is 0.130. The first kappa shape index (κ1) is 12.0. The molecular formula is C15H19NO. The zero-order valence-electron chi connectivity index (χ0n) is 10.8. The molecule has 0 aliphatic heterocycles. The van der Waals surface area contributed by atoms with E-state index in [1.165, 1.54) is 12.8 Å². The summed E-state index contributed by atoms with van der Waals surface area (Å²) in [5, 5.41) is 9.14. The zero-order chi connectivity index (χ0) is 12.4. The van der Waals surface area contributed by atoms with Crippen LogP contribution in [0.3, 0.4) is 0 Å². The van der Waals surface area contributed by atoms with Gasteiger partial charge in [-0.05, 0) is 55.7 Å². The first-order valence-corrected chi connectivity index (χ1v) is 6.24. The van der Waals surface area contributed by atoms with E-state index in [0.717, 1.165) is 29.4 Å². The van der Waals surface area contributed by atoms with Gasteiger partial charge in [-0.25, -0.2) is 0 Å². The highest BCUT2D eigenvalue weighted by Gasteiger charge is 2.26. The molecule has 0 radical (unpaired) electrons. The Morgan fingerprint density at radius 3 is 2.65 bits per heavy atom. The van der Waals surface area contributed by atoms with Crippen LogP contribution in [0.25, 0.3) is 0 Å². The second kappa shape index (κ2) is 4.79. The van der Waals surface area contributed by atoms with Crippen molar-refractivity contribution in [1.82, 2.24) is 0 Å². The monoisotopic (exact) mass is 229 g/mol. The summed E-state index contributed by atoms with van der Waals surface area (Å²) in [5.74, 6) is 2.28. The first-order chi connectivity index (χ1) is 8.10. The molecule has 0 aromatic heterocycles. The molecule has 1 saturated carbocycles. The van der Waals surface area contributed by atoms with Gasteiger partial charge in [-0.3, -0.25) is 0 Å². The standard InChI is InChI=1S/C15H19NO/c1-10-4-12(3)14(8-16)15(7-10)17-9-13-5-11(2)6-13/h4,7,11,13H,5-6,9H2,1-3H3. The van der Waals surface area contributed by atoms with Gasteiger partial charge in [0.2, 0.25) is 0 Å². The average molecular weight is 229 g/mol. The lowest BCUT2D eigenvalue weighted by Gasteiger charge is -2.32. The highest BCUT2D eigenvalue weighted by molar-refractivity contribution is 5.50. The lowest BCUT2D eigenvalue weighted by Crippen LogP contribution is -2.26. The number of aryl methyl sites for hydroxylation is 2. The van der Waals surface area contributed by atoms with E-state index >= 15 is 0 Å². The van der Waals surface area contributed by atoms with Crippen molar-refractivity contribution in [1.29, 1.82) is 5.26 Å². The number of hydrogen-bond acceptors (Lipinski definition) is 2. The van der Waals surface area contributed by atoms with Crippen molar-refractivity contribution in [3.63, 3.8) is 0 Å². The molecule has 17 heavy (non-hydrogen) atoms. The number of ether oxygens (including phenoxy) is 1. The maximum atomic E-state index is 9.14. The average Bonchev–Trinajstić information content (AvgIpc) is 2.22. The van der Waals surface area contributed by atoms with Gasteiger partial charge >= 0.3 is 0 Å². The summed E-state index contributed by atoms with van der Waals surface area (Å²) >= 11 is 0. The molecule has 1 aromatic carbocycles. The van der Waals surface area contributed by atoms with Gasteiger partial charge < -0.3 is 4.74 Å². The predicted octanol–water partition coefficient (Wildman–Crippen LogP) is 3.60. The topological polar surface area (TPSA) is 33.0 Å². The Bertz CT molecular complexity index is 453. The van der Waals surface area contributed by atoms with E-state index in [-0.39, 0.29) is 0 Å². The van der Waals surface area contributed by atoms with E-state index in [1.807, 2.05) is 26.0 Å². The van der Waals surface area contributed by atoms with Crippen LogP contribution in [0.4, 0.5) is 0 Å². The molecule has 90 valence electrons. The summed E-state index contributed by atoms with van der Waals surface area (Å²) in [6.45, 7) is 7.02. The Labute approximate surface area is 103 Å². The fourth-order valence-electron chi connectivity index (χ4n) is 2.60. The van der Waals surface area contributed by atoms with Crippen molar-refractivity contribution < 1.29 is 4.74 Å². The van der Waals surface area contributed by atoms with E-state index in [2.05, 4.69) is 13.0 Å². The molecular weight excluding hydrogens is 210 g/mol. The highest BCUT2D eigenvalue weighted by atomic mass is 16.5. The van der Waals surface area contributed by atoms with Crippen LogP contribution in [0.15, 0.2) is 12.1 Å². The summed E-state index contributed by atoms with van der Waals surface area (Å²) in [5.41, 5.74) is 2.84. The van der Waals surface area contributed by atoms with Crippen molar-refractivity contribution in [3.8, 4) is 11.8 Å². The molecule has 2 nitrogen and oxygen atoms in total. The SMILES string of the molecule is Cc1cc(C)c(C#N)c(OCC2CC(C)C2)c1. The number of nitriles is 1. The van der Waals surface area contributed by atoms with Gasteiger partial charge in [-0.2, -0.15) is 5.26 Å². The van der Waals surface area contributed by atoms with Gasteiger partial charge in [0.25, 0.3) is 0 Å².